The van der Waals surface area contributed by atoms with Crippen LogP contribution in [0.2, 0.25) is 0 Å². The summed E-state index contributed by atoms with van der Waals surface area (Å²) in [7, 11) is 1.79. The Morgan fingerprint density at radius 1 is 1.44 bits per heavy atom. The Morgan fingerprint density at radius 2 is 2.06 bits per heavy atom. The molecule has 1 aliphatic rings. The van der Waals surface area contributed by atoms with E-state index in [9.17, 15) is 14.7 Å². The lowest BCUT2D eigenvalue weighted by Gasteiger charge is -2.26. The smallest absolute Gasteiger partial charge is 0.329 e. The van der Waals surface area contributed by atoms with Gasteiger partial charge in [-0.25, -0.2) is 4.79 Å². The molecule has 5 nitrogen and oxygen atoms in total. The van der Waals surface area contributed by atoms with Crippen LogP contribution in [0.25, 0.3) is 0 Å². The number of carbonyl (C=O) groups excluding carboxylic acids is 1. The summed E-state index contributed by atoms with van der Waals surface area (Å²) >= 11 is 0. The maximum Gasteiger partial charge on any atom is 0.329 e. The summed E-state index contributed by atoms with van der Waals surface area (Å²) in [5, 5.41) is 12.0. The Morgan fingerprint density at radius 3 is 2.44 bits per heavy atom. The van der Waals surface area contributed by atoms with Gasteiger partial charge in [0.15, 0.2) is 0 Å². The highest BCUT2D eigenvalue weighted by atomic mass is 16.4. The molecule has 1 aromatic heterocycles. The topological polar surface area (TPSA) is 71.3 Å². The Labute approximate surface area is 106 Å². The van der Waals surface area contributed by atoms with E-state index in [-0.39, 0.29) is 11.8 Å². The molecule has 0 unspecified atom stereocenters. The van der Waals surface area contributed by atoms with Crippen LogP contribution in [0.3, 0.4) is 0 Å². The average Bonchev–Trinajstić information content (AvgIpc) is 3.08. The molecule has 1 amide bonds. The number of aromatic nitrogens is 1. The van der Waals surface area contributed by atoms with Crippen LogP contribution in [0.4, 0.5) is 0 Å². The van der Waals surface area contributed by atoms with Gasteiger partial charge < -0.3 is 15.0 Å². The van der Waals surface area contributed by atoms with E-state index >= 15 is 0 Å². The third kappa shape index (κ3) is 2.00. The van der Waals surface area contributed by atoms with E-state index in [2.05, 4.69) is 5.32 Å². The molecule has 18 heavy (non-hydrogen) atoms. The number of rotatable bonds is 4. The predicted octanol–water partition coefficient (Wildman–Crippen LogP) is 1.32. The number of amides is 1. The van der Waals surface area contributed by atoms with Crippen molar-refractivity contribution in [1.29, 1.82) is 0 Å². The van der Waals surface area contributed by atoms with Crippen molar-refractivity contribution in [3.05, 3.63) is 23.5 Å². The average molecular weight is 250 g/mol. The molecule has 5 heteroatoms. The van der Waals surface area contributed by atoms with Gasteiger partial charge in [-0.2, -0.15) is 0 Å². The van der Waals surface area contributed by atoms with Crippen molar-refractivity contribution in [2.75, 3.05) is 0 Å². The lowest BCUT2D eigenvalue weighted by molar-refractivity contribution is -0.144. The Bertz CT molecular complexity index is 502. The van der Waals surface area contributed by atoms with Crippen LogP contribution in [0, 0.1) is 12.8 Å². The van der Waals surface area contributed by atoms with Gasteiger partial charge in [0.05, 0.1) is 0 Å². The molecule has 1 atom stereocenters. The van der Waals surface area contributed by atoms with Crippen molar-refractivity contribution in [3.8, 4) is 0 Å². The quantitative estimate of drug-likeness (QED) is 0.846. The van der Waals surface area contributed by atoms with Crippen molar-refractivity contribution >= 4 is 11.9 Å². The maximum atomic E-state index is 12.1. The van der Waals surface area contributed by atoms with Gasteiger partial charge in [-0.15, -0.1) is 0 Å². The summed E-state index contributed by atoms with van der Waals surface area (Å²) in [4.78, 5) is 23.5. The first kappa shape index (κ1) is 12.7. The first-order valence-electron chi connectivity index (χ1n) is 6.04. The highest BCUT2D eigenvalue weighted by molar-refractivity contribution is 5.97. The lowest BCUT2D eigenvalue weighted by atomic mass is 9.96. The second-order valence-electron chi connectivity index (χ2n) is 5.15. The molecule has 2 N–H and O–H groups in total. The number of aliphatic carboxylic acids is 1. The summed E-state index contributed by atoms with van der Waals surface area (Å²) in [6.45, 7) is 3.48. The van der Waals surface area contributed by atoms with Gasteiger partial charge in [0, 0.05) is 12.7 Å². The molecule has 0 aromatic carbocycles. The molecule has 0 saturated heterocycles. The summed E-state index contributed by atoms with van der Waals surface area (Å²) in [6, 6.07) is 3.55. The summed E-state index contributed by atoms with van der Waals surface area (Å²) in [5.74, 6) is -1.26. The minimum atomic E-state index is -1.16. The highest BCUT2D eigenvalue weighted by Crippen LogP contribution is 2.39. The van der Waals surface area contributed by atoms with Gasteiger partial charge in [-0.3, -0.25) is 4.79 Å². The number of carboxylic acid groups (broad SMARTS) is 1. The third-order valence-electron chi connectivity index (χ3n) is 3.82. The monoisotopic (exact) mass is 250 g/mol. The Kier molecular flexibility index (Phi) is 2.92. The molecule has 1 aliphatic carbocycles. The summed E-state index contributed by atoms with van der Waals surface area (Å²) in [6.07, 6.45) is 1.71. The zero-order chi connectivity index (χ0) is 13.5. The van der Waals surface area contributed by atoms with Crippen molar-refractivity contribution < 1.29 is 14.7 Å². The number of aryl methyl sites for hydroxylation is 1. The van der Waals surface area contributed by atoms with Crippen LogP contribution in [-0.2, 0) is 11.8 Å². The van der Waals surface area contributed by atoms with E-state index in [1.807, 2.05) is 13.0 Å². The molecule has 0 spiro atoms. The Hall–Kier alpha value is -1.78. The maximum absolute atomic E-state index is 12.1. The Balaban J connectivity index is 2.20. The van der Waals surface area contributed by atoms with E-state index in [1.54, 1.807) is 24.6 Å². The molecule has 2 rings (SSSR count). The van der Waals surface area contributed by atoms with Crippen molar-refractivity contribution in [2.24, 2.45) is 13.0 Å². The molecule has 1 heterocycles. The van der Waals surface area contributed by atoms with E-state index < -0.39 is 11.5 Å². The number of hydrogen-bond donors (Lipinski definition) is 2. The van der Waals surface area contributed by atoms with Gasteiger partial charge in [0.1, 0.15) is 11.2 Å². The fourth-order valence-corrected chi connectivity index (χ4v) is 2.13. The molecule has 1 aromatic rings. The third-order valence-corrected chi connectivity index (χ3v) is 3.82. The van der Waals surface area contributed by atoms with Crippen molar-refractivity contribution in [1.82, 2.24) is 9.88 Å². The molecule has 0 bridgehead atoms. The zero-order valence-electron chi connectivity index (χ0n) is 10.9. The van der Waals surface area contributed by atoms with E-state index in [1.165, 1.54) is 0 Å². The van der Waals surface area contributed by atoms with Gasteiger partial charge in [-0.05, 0) is 44.7 Å². The number of nitrogens with one attached hydrogen (secondary N) is 1. The van der Waals surface area contributed by atoms with E-state index in [0.29, 0.717) is 5.69 Å². The van der Waals surface area contributed by atoms with Gasteiger partial charge in [0.25, 0.3) is 5.91 Å². The largest absolute Gasteiger partial charge is 0.480 e. The van der Waals surface area contributed by atoms with Crippen LogP contribution in [0.15, 0.2) is 12.1 Å². The fraction of sp³-hybridized carbons (Fsp3) is 0.538. The van der Waals surface area contributed by atoms with Crippen molar-refractivity contribution in [2.45, 2.75) is 32.2 Å². The number of nitrogens with zero attached hydrogens (tertiary/aromatic N) is 1. The van der Waals surface area contributed by atoms with Crippen molar-refractivity contribution in [3.63, 3.8) is 0 Å². The summed E-state index contributed by atoms with van der Waals surface area (Å²) in [5.41, 5.74) is 0.291. The SMILES string of the molecule is Cc1ccc(C(=O)N[C@](C)(C(=O)O)C2CC2)n1C. The van der Waals surface area contributed by atoms with Crippen LogP contribution in [0.5, 0.6) is 0 Å². The highest BCUT2D eigenvalue weighted by Gasteiger charge is 2.48. The first-order valence-corrected chi connectivity index (χ1v) is 6.04. The van der Waals surface area contributed by atoms with E-state index in [0.717, 1.165) is 18.5 Å². The van der Waals surface area contributed by atoms with E-state index in [4.69, 9.17) is 0 Å². The van der Waals surface area contributed by atoms with Crippen LogP contribution < -0.4 is 5.32 Å². The minimum Gasteiger partial charge on any atom is -0.480 e. The molecule has 1 fully saturated rings. The summed E-state index contributed by atoms with van der Waals surface area (Å²) < 4.78 is 1.75. The molecular weight excluding hydrogens is 232 g/mol. The van der Waals surface area contributed by atoms with Gasteiger partial charge in [0.2, 0.25) is 0 Å². The van der Waals surface area contributed by atoms with Crippen LogP contribution in [-0.4, -0.2) is 27.1 Å². The molecular formula is C13H18N2O3. The molecule has 1 saturated carbocycles. The van der Waals surface area contributed by atoms with Crippen LogP contribution in [0.1, 0.15) is 35.9 Å². The molecule has 0 radical (unpaired) electrons. The molecule has 98 valence electrons. The second kappa shape index (κ2) is 4.15. The number of carboxylic acids is 1. The van der Waals surface area contributed by atoms with Crippen LogP contribution >= 0.6 is 0 Å². The van der Waals surface area contributed by atoms with Gasteiger partial charge >= 0.3 is 5.97 Å². The second-order valence-corrected chi connectivity index (χ2v) is 5.15. The number of carbonyl (C=O) groups is 2. The lowest BCUT2D eigenvalue weighted by Crippen LogP contribution is -2.54. The molecule has 0 aliphatic heterocycles. The normalized spacial score (nSPS) is 18.2. The predicted molar refractivity (Wildman–Crippen MR) is 66.4 cm³/mol. The standard InChI is InChI=1S/C13H18N2O3/c1-8-4-7-10(15(8)3)11(16)14-13(2,12(17)18)9-5-6-9/h4,7,9H,5-6H2,1-3H3,(H,14,16)(H,17,18)/t13-/m0/s1. The zero-order valence-corrected chi connectivity index (χ0v) is 10.9. The minimum absolute atomic E-state index is 0.0420. The first-order chi connectivity index (χ1) is 8.36. The fourth-order valence-electron chi connectivity index (χ4n) is 2.13. The number of hydrogen-bond acceptors (Lipinski definition) is 2. The van der Waals surface area contributed by atoms with Gasteiger partial charge in [-0.1, -0.05) is 0 Å².